The van der Waals surface area contributed by atoms with Crippen LogP contribution in [0.4, 0.5) is 0 Å². The number of pyridine rings is 1. The van der Waals surface area contributed by atoms with Gasteiger partial charge >= 0.3 is 19.1 Å². The highest BCUT2D eigenvalue weighted by atomic mass is 16.7. The van der Waals surface area contributed by atoms with Crippen molar-refractivity contribution in [3.05, 3.63) is 54.2 Å². The minimum atomic E-state index is -1.37. The third-order valence-electron chi connectivity index (χ3n) is 6.52. The molecule has 1 aliphatic rings. The fraction of sp³-hybridized carbons (Fsp3) is 0.464. The lowest BCUT2D eigenvalue weighted by Crippen LogP contribution is -2.65. The minimum absolute atomic E-state index is 0.00951. The van der Waals surface area contributed by atoms with Gasteiger partial charge in [0.25, 0.3) is 5.91 Å². The fourth-order valence-corrected chi connectivity index (χ4v) is 4.48. The molecule has 13 heteroatoms. The Morgan fingerprint density at radius 2 is 1.76 bits per heavy atom. The normalized spacial score (nSPS) is 19.2. The Labute approximate surface area is 239 Å². The van der Waals surface area contributed by atoms with Crippen LogP contribution in [0.1, 0.15) is 37.7 Å². The Balaban J connectivity index is 1.79. The van der Waals surface area contributed by atoms with E-state index in [0.29, 0.717) is 12.1 Å². The third-order valence-corrected chi connectivity index (χ3v) is 6.52. The van der Waals surface area contributed by atoms with Crippen molar-refractivity contribution >= 4 is 30.9 Å². The Bertz CT molecular complexity index is 1230. The highest BCUT2D eigenvalue weighted by Gasteiger charge is 2.51. The molecule has 0 radical (unpaired) electrons. The molecule has 1 aromatic carbocycles. The molecule has 2 heterocycles. The molecule has 2 amide bonds. The topological polar surface area (TPSA) is 156 Å². The number of hydrogen-bond donors (Lipinski definition) is 3. The van der Waals surface area contributed by atoms with E-state index in [0.717, 1.165) is 5.56 Å². The molecule has 3 rings (SSSR count). The Hall–Kier alpha value is -3.81. The molecule has 5 atom stereocenters. The summed E-state index contributed by atoms with van der Waals surface area (Å²) in [5, 5.41) is 15.7. The maximum absolute atomic E-state index is 13.4. The van der Waals surface area contributed by atoms with E-state index >= 15 is 0 Å². The molecule has 0 saturated carbocycles. The van der Waals surface area contributed by atoms with E-state index in [1.165, 1.54) is 25.0 Å². The lowest BCUT2D eigenvalue weighted by Gasteiger charge is -2.38. The van der Waals surface area contributed by atoms with Gasteiger partial charge in [-0.15, -0.1) is 0 Å². The molecule has 220 valence electrons. The fourth-order valence-electron chi connectivity index (χ4n) is 4.48. The van der Waals surface area contributed by atoms with Crippen molar-refractivity contribution in [2.75, 3.05) is 21.2 Å². The van der Waals surface area contributed by atoms with Gasteiger partial charge in [-0.2, -0.15) is 0 Å². The molecule has 0 unspecified atom stereocenters. The number of nitrogens with zero attached hydrogens (tertiary/aromatic N) is 2. The summed E-state index contributed by atoms with van der Waals surface area (Å²) >= 11 is 0. The van der Waals surface area contributed by atoms with E-state index in [1.807, 2.05) is 44.2 Å². The van der Waals surface area contributed by atoms with E-state index in [4.69, 9.17) is 14.0 Å². The first-order chi connectivity index (χ1) is 19.4. The summed E-state index contributed by atoms with van der Waals surface area (Å²) in [5.74, 6) is -3.77. The first-order valence-electron chi connectivity index (χ1n) is 13.3. The number of rotatable bonds is 11. The number of aliphatic hydroxyl groups excluding tert-OH is 1. The zero-order chi connectivity index (χ0) is 30.3. The molecule has 1 aromatic heterocycles. The van der Waals surface area contributed by atoms with Crippen molar-refractivity contribution in [1.82, 2.24) is 20.5 Å². The summed E-state index contributed by atoms with van der Waals surface area (Å²) in [5.41, 5.74) is 1.44. The average molecular weight is 568 g/mol. The van der Waals surface area contributed by atoms with Crippen molar-refractivity contribution in [3.8, 4) is 11.3 Å². The van der Waals surface area contributed by atoms with Crippen LogP contribution in [0.5, 0.6) is 0 Å². The number of benzene rings is 1. The SMILES string of the molecule is COC(=O)[C@@H]1OB([C@H](CC(C)C)NC(=O)[C@@H](NC(=O)c2cccc(-c3ccccc3)n2)[C@@H](C)O)OC(=O)[C@@H]1N(C)C. The minimum Gasteiger partial charge on any atom is -0.507 e. The van der Waals surface area contributed by atoms with Gasteiger partial charge in [-0.3, -0.25) is 19.3 Å². The Morgan fingerprint density at radius 3 is 2.34 bits per heavy atom. The van der Waals surface area contributed by atoms with Gasteiger partial charge in [0.2, 0.25) is 5.91 Å². The second-order valence-electron chi connectivity index (χ2n) is 10.5. The Morgan fingerprint density at radius 1 is 1.07 bits per heavy atom. The molecule has 0 spiro atoms. The molecule has 12 nitrogen and oxygen atoms in total. The quantitative estimate of drug-likeness (QED) is 0.262. The molecule has 0 bridgehead atoms. The van der Waals surface area contributed by atoms with Gasteiger partial charge in [0.1, 0.15) is 17.8 Å². The molecule has 41 heavy (non-hydrogen) atoms. The van der Waals surface area contributed by atoms with Crippen LogP contribution >= 0.6 is 0 Å². The largest absolute Gasteiger partial charge is 0.552 e. The van der Waals surface area contributed by atoms with Crippen LogP contribution < -0.4 is 10.6 Å². The molecule has 3 N–H and O–H groups in total. The molecule has 1 saturated heterocycles. The molecular formula is C28H37BN4O8. The monoisotopic (exact) mass is 568 g/mol. The summed E-state index contributed by atoms with van der Waals surface area (Å²) in [7, 11) is 3.06. The maximum Gasteiger partial charge on any atom is 0.552 e. The lowest BCUT2D eigenvalue weighted by atomic mass is 9.72. The number of carbonyl (C=O) groups is 4. The Kier molecular flexibility index (Phi) is 11.0. The summed E-state index contributed by atoms with van der Waals surface area (Å²) in [6, 6.07) is 11.8. The lowest BCUT2D eigenvalue weighted by molar-refractivity contribution is -0.167. The number of aromatic nitrogens is 1. The number of aliphatic hydroxyl groups is 1. The zero-order valence-electron chi connectivity index (χ0n) is 24.1. The van der Waals surface area contributed by atoms with Crippen LogP contribution in [0.2, 0.25) is 0 Å². The first-order valence-corrected chi connectivity index (χ1v) is 13.3. The van der Waals surface area contributed by atoms with Gasteiger partial charge in [-0.1, -0.05) is 50.2 Å². The van der Waals surface area contributed by atoms with Crippen molar-refractivity contribution in [1.29, 1.82) is 0 Å². The predicted molar refractivity (Wildman–Crippen MR) is 150 cm³/mol. The number of ether oxygens (including phenoxy) is 1. The molecular weight excluding hydrogens is 531 g/mol. The standard InChI is InChI=1S/C28H37BN4O8/c1-16(2)15-21(29-40-24(28(38)39-6)23(33(4)5)27(37)41-29)31-26(36)22(17(3)34)32-25(35)20-14-10-13-19(30-20)18-11-8-7-9-12-18/h7-14,16-17,21-24,34H,15H2,1-6H3,(H,31,36)(H,32,35)/t17-,21+,22+,23-,24-/m1/s1. The van der Waals surface area contributed by atoms with E-state index in [9.17, 15) is 24.3 Å². The third kappa shape index (κ3) is 8.12. The van der Waals surface area contributed by atoms with E-state index in [-0.39, 0.29) is 11.6 Å². The van der Waals surface area contributed by atoms with Crippen molar-refractivity contribution in [2.24, 2.45) is 5.92 Å². The smallest absolute Gasteiger partial charge is 0.507 e. The summed E-state index contributed by atoms with van der Waals surface area (Å²) < 4.78 is 16.2. The van der Waals surface area contributed by atoms with E-state index < -0.39 is 61.1 Å². The van der Waals surface area contributed by atoms with Crippen LogP contribution in [-0.2, 0) is 28.4 Å². The summed E-state index contributed by atoms with van der Waals surface area (Å²) in [4.78, 5) is 57.7. The highest BCUT2D eigenvalue weighted by molar-refractivity contribution is 6.50. The second-order valence-corrected chi connectivity index (χ2v) is 10.5. The van der Waals surface area contributed by atoms with E-state index in [1.54, 1.807) is 26.2 Å². The average Bonchev–Trinajstić information content (AvgIpc) is 2.94. The first kappa shape index (κ1) is 31.7. The number of amides is 2. The van der Waals surface area contributed by atoms with Crippen LogP contribution in [-0.4, -0.2) is 97.3 Å². The van der Waals surface area contributed by atoms with Crippen LogP contribution in [0.3, 0.4) is 0 Å². The number of methoxy groups -OCH3 is 1. The number of carbonyl (C=O) groups excluding carboxylic acids is 4. The van der Waals surface area contributed by atoms with Crippen molar-refractivity contribution < 1.29 is 38.3 Å². The van der Waals surface area contributed by atoms with Crippen molar-refractivity contribution in [3.63, 3.8) is 0 Å². The molecule has 0 aliphatic carbocycles. The van der Waals surface area contributed by atoms with Crippen LogP contribution in [0.15, 0.2) is 48.5 Å². The van der Waals surface area contributed by atoms with Gasteiger partial charge in [0.15, 0.2) is 6.10 Å². The molecule has 1 fully saturated rings. The molecule has 1 aliphatic heterocycles. The van der Waals surface area contributed by atoms with E-state index in [2.05, 4.69) is 15.6 Å². The number of likely N-dealkylation sites (N-methyl/N-ethyl adjacent to an activating group) is 1. The van der Waals surface area contributed by atoms with Gasteiger partial charge in [-0.25, -0.2) is 9.78 Å². The highest BCUT2D eigenvalue weighted by Crippen LogP contribution is 2.22. The van der Waals surface area contributed by atoms with Crippen molar-refractivity contribution in [2.45, 2.75) is 57.4 Å². The summed E-state index contributed by atoms with van der Waals surface area (Å²) in [6.07, 6.45) is -2.28. The number of hydrogen-bond acceptors (Lipinski definition) is 10. The second kappa shape index (κ2) is 14.2. The van der Waals surface area contributed by atoms with Crippen LogP contribution in [0, 0.1) is 5.92 Å². The number of nitrogens with one attached hydrogen (secondary N) is 2. The maximum atomic E-state index is 13.4. The molecule has 2 aromatic rings. The van der Waals surface area contributed by atoms with Gasteiger partial charge in [0.05, 0.1) is 24.8 Å². The van der Waals surface area contributed by atoms with Gasteiger partial charge in [-0.05, 0) is 45.5 Å². The zero-order valence-corrected chi connectivity index (χ0v) is 24.1. The number of esters is 1. The summed E-state index contributed by atoms with van der Waals surface area (Å²) in [6.45, 7) is 5.15. The van der Waals surface area contributed by atoms with Gasteiger partial charge in [0, 0.05) is 5.56 Å². The van der Waals surface area contributed by atoms with Gasteiger partial charge < -0.3 is 29.8 Å². The van der Waals surface area contributed by atoms with Crippen LogP contribution in [0.25, 0.3) is 11.3 Å². The predicted octanol–water partition coefficient (Wildman–Crippen LogP) is 0.831.